The van der Waals surface area contributed by atoms with Gasteiger partial charge in [-0.2, -0.15) is 0 Å². The second-order valence-corrected chi connectivity index (χ2v) is 9.19. The van der Waals surface area contributed by atoms with Gasteiger partial charge in [-0.05, 0) is 42.9 Å². The maximum Gasteiger partial charge on any atom is 0.283 e. The Morgan fingerprint density at radius 1 is 1.24 bits per heavy atom. The van der Waals surface area contributed by atoms with Crippen LogP contribution in [0.5, 0.6) is 5.88 Å². The number of benzene rings is 1. The molecule has 1 aromatic carbocycles. The van der Waals surface area contributed by atoms with Gasteiger partial charge in [-0.3, -0.25) is 4.79 Å². The summed E-state index contributed by atoms with van der Waals surface area (Å²) in [5, 5.41) is 0. The molecule has 34 heavy (non-hydrogen) atoms. The summed E-state index contributed by atoms with van der Waals surface area (Å²) in [4.78, 5) is 24.9. The van der Waals surface area contributed by atoms with E-state index in [-0.39, 0.29) is 29.5 Å². The fourth-order valence-corrected chi connectivity index (χ4v) is 4.98. The first-order chi connectivity index (χ1) is 16.4. The topological polar surface area (TPSA) is 99.7 Å². The molecule has 1 aliphatic heterocycles. The molecule has 2 aliphatic carbocycles. The molecule has 7 nitrogen and oxygen atoms in total. The van der Waals surface area contributed by atoms with Gasteiger partial charge in [-0.25, -0.2) is 28.1 Å². The number of Topliss-reactive ketones (excluding diaryl/α,β-unsaturated/α-hetero) is 1. The van der Waals surface area contributed by atoms with Gasteiger partial charge < -0.3 is 15.2 Å². The standard InChI is InChI=1S/C24H25F3N4O3/c25-17-6-5-14(7-15(17)24(22(26)27)16-9-20(16)34-23(28)31-24)8-19(32)18-10-30-21(11-29-18)33-12-13-3-1-2-4-13/h5-7,10-11,13,16,20,22H,1-4,8-9,12H2,(H2,28,31)/t16-,20+,24+/m0/s1. The predicted octanol–water partition coefficient (Wildman–Crippen LogP) is 3.80. The number of nitrogens with two attached hydrogens (primary N) is 1. The second kappa shape index (κ2) is 8.88. The molecule has 3 atom stereocenters. The Bertz CT molecular complexity index is 1110. The average molecular weight is 474 g/mol. The normalized spacial score (nSPS) is 26.1. The summed E-state index contributed by atoms with van der Waals surface area (Å²) >= 11 is 0. The van der Waals surface area contributed by atoms with E-state index >= 15 is 0 Å². The van der Waals surface area contributed by atoms with Crippen LogP contribution in [0.25, 0.3) is 0 Å². The van der Waals surface area contributed by atoms with Crippen molar-refractivity contribution >= 4 is 11.8 Å². The van der Waals surface area contributed by atoms with Crippen LogP contribution in [0.4, 0.5) is 13.2 Å². The van der Waals surface area contributed by atoms with Crippen molar-refractivity contribution in [1.29, 1.82) is 0 Å². The number of fused-ring (bicyclic) bond motifs is 1. The number of hydrogen-bond donors (Lipinski definition) is 1. The quantitative estimate of drug-likeness (QED) is 0.584. The molecular formula is C24H25F3N4O3. The Morgan fingerprint density at radius 3 is 2.74 bits per heavy atom. The number of nitrogens with zero attached hydrogens (tertiary/aromatic N) is 3. The second-order valence-electron chi connectivity index (χ2n) is 9.19. The third-order valence-corrected chi connectivity index (χ3v) is 6.88. The minimum atomic E-state index is -2.99. The minimum absolute atomic E-state index is 0.109. The van der Waals surface area contributed by atoms with Gasteiger partial charge in [0, 0.05) is 17.9 Å². The summed E-state index contributed by atoms with van der Waals surface area (Å²) < 4.78 is 54.2. The first-order valence-electron chi connectivity index (χ1n) is 11.4. The molecule has 2 fully saturated rings. The highest BCUT2D eigenvalue weighted by atomic mass is 19.3. The SMILES string of the molecule is NC1=N[C@@](c2cc(CC(=O)c3cnc(OCC4CCCC4)cn3)ccc2F)(C(F)F)[C@H]2C[C@H]2O1. The highest BCUT2D eigenvalue weighted by molar-refractivity contribution is 5.95. The molecule has 2 heterocycles. The fraction of sp³-hybridized carbons (Fsp3) is 0.500. The molecule has 0 radical (unpaired) electrons. The van der Waals surface area contributed by atoms with Crippen molar-refractivity contribution in [2.45, 2.75) is 56.6 Å². The smallest absolute Gasteiger partial charge is 0.283 e. The molecule has 180 valence electrons. The Morgan fingerprint density at radius 2 is 2.03 bits per heavy atom. The van der Waals surface area contributed by atoms with Crippen LogP contribution in [0.15, 0.2) is 35.6 Å². The lowest BCUT2D eigenvalue weighted by atomic mass is 9.83. The molecule has 0 amide bonds. The van der Waals surface area contributed by atoms with E-state index in [0.717, 1.165) is 18.9 Å². The summed E-state index contributed by atoms with van der Waals surface area (Å²) in [6.07, 6.45) is 4.08. The third-order valence-electron chi connectivity index (χ3n) is 6.88. The summed E-state index contributed by atoms with van der Waals surface area (Å²) in [5.41, 5.74) is 3.67. The Balaban J connectivity index is 1.32. The van der Waals surface area contributed by atoms with Crippen LogP contribution >= 0.6 is 0 Å². The summed E-state index contributed by atoms with van der Waals surface area (Å²) in [6, 6.07) is 3.35. The zero-order valence-electron chi connectivity index (χ0n) is 18.4. The molecule has 1 aromatic heterocycles. The molecule has 2 aromatic rings. The van der Waals surface area contributed by atoms with E-state index in [1.807, 2.05) is 0 Å². The van der Waals surface area contributed by atoms with E-state index in [2.05, 4.69) is 15.0 Å². The number of amidine groups is 1. The van der Waals surface area contributed by atoms with Crippen molar-refractivity contribution in [1.82, 2.24) is 9.97 Å². The van der Waals surface area contributed by atoms with E-state index in [4.69, 9.17) is 15.2 Å². The fourth-order valence-electron chi connectivity index (χ4n) is 4.98. The Kier molecular flexibility index (Phi) is 5.91. The molecule has 5 rings (SSSR count). The number of ether oxygens (including phenoxy) is 2. The lowest BCUT2D eigenvalue weighted by Crippen LogP contribution is -2.43. The van der Waals surface area contributed by atoms with Crippen molar-refractivity contribution in [3.8, 4) is 5.88 Å². The first-order valence-corrected chi connectivity index (χ1v) is 11.4. The number of aromatic nitrogens is 2. The highest BCUT2D eigenvalue weighted by Gasteiger charge is 2.64. The number of aliphatic imine (C=N–C) groups is 1. The first kappa shape index (κ1) is 22.6. The van der Waals surface area contributed by atoms with E-state index in [9.17, 15) is 18.0 Å². The number of alkyl halides is 2. The molecular weight excluding hydrogens is 449 g/mol. The van der Waals surface area contributed by atoms with E-state index in [1.54, 1.807) is 0 Å². The Labute approximate surface area is 194 Å². The van der Waals surface area contributed by atoms with Crippen LogP contribution in [0, 0.1) is 17.7 Å². The molecule has 0 bridgehead atoms. The number of halogens is 3. The highest BCUT2D eigenvalue weighted by Crippen LogP contribution is 2.56. The van der Waals surface area contributed by atoms with Gasteiger partial charge in [0.1, 0.15) is 17.6 Å². The number of ketones is 1. The minimum Gasteiger partial charge on any atom is -0.476 e. The molecule has 10 heteroatoms. The average Bonchev–Trinajstić information content (AvgIpc) is 3.41. The summed E-state index contributed by atoms with van der Waals surface area (Å²) in [6.45, 7) is 0.575. The van der Waals surface area contributed by atoms with Gasteiger partial charge in [-0.1, -0.05) is 18.9 Å². The van der Waals surface area contributed by atoms with Crippen molar-refractivity contribution in [2.75, 3.05) is 6.61 Å². The number of rotatable bonds is 8. The number of carbonyl (C=O) groups is 1. The van der Waals surface area contributed by atoms with Crippen LogP contribution in [-0.4, -0.2) is 40.9 Å². The van der Waals surface area contributed by atoms with Crippen molar-refractivity contribution in [3.63, 3.8) is 0 Å². The zero-order chi connectivity index (χ0) is 23.9. The van der Waals surface area contributed by atoms with Crippen LogP contribution in [-0.2, 0) is 16.7 Å². The zero-order valence-corrected chi connectivity index (χ0v) is 18.4. The van der Waals surface area contributed by atoms with Crippen molar-refractivity contribution in [3.05, 3.63) is 53.2 Å². The van der Waals surface area contributed by atoms with E-state index in [0.29, 0.717) is 30.4 Å². The Hall–Kier alpha value is -3.17. The van der Waals surface area contributed by atoms with Gasteiger partial charge in [0.05, 0.1) is 19.0 Å². The van der Waals surface area contributed by atoms with Gasteiger partial charge in [0.15, 0.2) is 11.3 Å². The monoisotopic (exact) mass is 474 g/mol. The molecule has 0 unspecified atom stereocenters. The maximum absolute atomic E-state index is 14.8. The molecule has 0 saturated heterocycles. The van der Waals surface area contributed by atoms with Crippen molar-refractivity contribution in [2.24, 2.45) is 22.6 Å². The number of carbonyl (C=O) groups excluding carboxylic acids is 1. The molecule has 2 saturated carbocycles. The lowest BCUT2D eigenvalue weighted by molar-refractivity contribution is 0.0176. The van der Waals surface area contributed by atoms with Gasteiger partial charge >= 0.3 is 0 Å². The summed E-state index contributed by atoms with van der Waals surface area (Å²) in [7, 11) is 0. The summed E-state index contributed by atoms with van der Waals surface area (Å²) in [5.74, 6) is -1.01. The van der Waals surface area contributed by atoms with Gasteiger partial charge in [0.2, 0.25) is 5.88 Å². The van der Waals surface area contributed by atoms with Gasteiger partial charge in [-0.15, -0.1) is 0 Å². The van der Waals surface area contributed by atoms with Crippen LogP contribution < -0.4 is 10.5 Å². The van der Waals surface area contributed by atoms with E-state index in [1.165, 1.54) is 37.4 Å². The van der Waals surface area contributed by atoms with Crippen LogP contribution in [0.1, 0.15) is 53.7 Å². The van der Waals surface area contributed by atoms with Crippen LogP contribution in [0.3, 0.4) is 0 Å². The van der Waals surface area contributed by atoms with E-state index < -0.39 is 29.8 Å². The van der Waals surface area contributed by atoms with Gasteiger partial charge in [0.25, 0.3) is 12.4 Å². The lowest BCUT2D eigenvalue weighted by Gasteiger charge is -2.33. The third kappa shape index (κ3) is 4.21. The van der Waals surface area contributed by atoms with Crippen molar-refractivity contribution < 1.29 is 27.4 Å². The molecule has 2 N–H and O–H groups in total. The maximum atomic E-state index is 14.8. The molecule has 3 aliphatic rings. The van der Waals surface area contributed by atoms with Crippen LogP contribution in [0.2, 0.25) is 0 Å². The molecule has 0 spiro atoms. The predicted molar refractivity (Wildman–Crippen MR) is 116 cm³/mol. The number of hydrogen-bond acceptors (Lipinski definition) is 7. The largest absolute Gasteiger partial charge is 0.476 e.